The van der Waals surface area contributed by atoms with Crippen LogP contribution in [0.5, 0.6) is 0 Å². The molecule has 2 saturated carbocycles. The first-order chi connectivity index (χ1) is 13.7. The van der Waals surface area contributed by atoms with Gasteiger partial charge in [0.2, 0.25) is 0 Å². The summed E-state index contributed by atoms with van der Waals surface area (Å²) in [4.78, 5) is 0. The lowest BCUT2D eigenvalue weighted by Gasteiger charge is -2.56. The summed E-state index contributed by atoms with van der Waals surface area (Å²) in [6.07, 6.45) is 12.6. The molecule has 0 radical (unpaired) electrons. The summed E-state index contributed by atoms with van der Waals surface area (Å²) in [5, 5.41) is 21.4. The van der Waals surface area contributed by atoms with Gasteiger partial charge in [-0.1, -0.05) is 65.0 Å². The molecule has 4 rings (SSSR count). The summed E-state index contributed by atoms with van der Waals surface area (Å²) in [7, 11) is 0. The minimum absolute atomic E-state index is 0.133. The molecule has 0 heterocycles. The normalized spacial score (nSPS) is 45.7. The Morgan fingerprint density at radius 3 is 2.48 bits per heavy atom. The Bertz CT molecular complexity index is 636. The van der Waals surface area contributed by atoms with Crippen LogP contribution in [0.4, 0.5) is 0 Å². The van der Waals surface area contributed by atoms with E-state index in [9.17, 15) is 10.2 Å². The first-order valence-corrected chi connectivity index (χ1v) is 12.8. The molecule has 4 aliphatic rings. The first kappa shape index (κ1) is 21.9. The number of hydrogen-bond donors (Lipinski definition) is 2. The lowest BCUT2D eigenvalue weighted by atomic mass is 9.50. The van der Waals surface area contributed by atoms with E-state index in [1.807, 2.05) is 0 Å². The van der Waals surface area contributed by atoms with E-state index >= 15 is 0 Å². The molecule has 0 aromatic carbocycles. The molecule has 166 valence electrons. The van der Waals surface area contributed by atoms with E-state index in [1.165, 1.54) is 44.9 Å². The van der Waals surface area contributed by atoms with Gasteiger partial charge in [0.1, 0.15) is 0 Å². The molecule has 2 fully saturated rings. The molecule has 8 atom stereocenters. The number of aliphatic hydroxyl groups excluding tert-OH is 2. The molecule has 0 aromatic rings. The summed E-state index contributed by atoms with van der Waals surface area (Å²) in [6.45, 7) is 12.2. The molecule has 0 aromatic heterocycles. The van der Waals surface area contributed by atoms with E-state index in [-0.39, 0.29) is 23.5 Å². The van der Waals surface area contributed by atoms with Crippen molar-refractivity contribution in [2.45, 2.75) is 117 Å². The fraction of sp³-hybridized carbons (Fsp3) is 0.926. The number of allylic oxidation sites excluding steroid dienone is 1. The van der Waals surface area contributed by atoms with Gasteiger partial charge in [0, 0.05) is 0 Å². The maximum absolute atomic E-state index is 11.1. The Balaban J connectivity index is 1.56. The lowest BCUT2D eigenvalue weighted by Crippen LogP contribution is -2.50. The Kier molecular flexibility index (Phi) is 6.01. The standard InChI is InChI=1S/C27H46O2/c1-17(2)7-6-8-18(3)21-9-10-22-20-16-25(29)24-15-19(28)11-13-27(24,5)23(20)12-14-26(21,22)4/h17-19,21-22,24-25,28-29H,6-16H2,1-5H3/t18-,19+,21-,22+,24-,25+,26+,27-/m1/s1. The van der Waals surface area contributed by atoms with Gasteiger partial charge in [0.15, 0.2) is 0 Å². The average Bonchev–Trinajstić information content (AvgIpc) is 3.00. The van der Waals surface area contributed by atoms with Crippen LogP contribution in [-0.4, -0.2) is 22.4 Å². The van der Waals surface area contributed by atoms with Gasteiger partial charge in [-0.2, -0.15) is 0 Å². The molecular formula is C27H46O2. The smallest absolute Gasteiger partial charge is 0.0614 e. The van der Waals surface area contributed by atoms with E-state index in [0.29, 0.717) is 11.3 Å². The van der Waals surface area contributed by atoms with Crippen LogP contribution in [0.15, 0.2) is 11.1 Å². The maximum atomic E-state index is 11.1. The minimum atomic E-state index is -0.251. The van der Waals surface area contributed by atoms with Crippen LogP contribution in [0.25, 0.3) is 0 Å². The summed E-state index contributed by atoms with van der Waals surface area (Å²) >= 11 is 0. The van der Waals surface area contributed by atoms with Gasteiger partial charge in [-0.3, -0.25) is 0 Å². The van der Waals surface area contributed by atoms with Gasteiger partial charge in [-0.25, -0.2) is 0 Å². The highest BCUT2D eigenvalue weighted by Crippen LogP contribution is 2.66. The largest absolute Gasteiger partial charge is 0.393 e. The molecular weight excluding hydrogens is 356 g/mol. The number of hydrogen-bond acceptors (Lipinski definition) is 2. The summed E-state index contributed by atoms with van der Waals surface area (Å²) in [6, 6.07) is 0. The van der Waals surface area contributed by atoms with Crippen LogP contribution in [0.1, 0.15) is 105 Å². The Hall–Kier alpha value is -0.340. The molecule has 2 N–H and O–H groups in total. The second kappa shape index (κ2) is 7.97. The van der Waals surface area contributed by atoms with E-state index in [0.717, 1.165) is 43.4 Å². The zero-order chi connectivity index (χ0) is 21.0. The van der Waals surface area contributed by atoms with Crippen molar-refractivity contribution in [3.63, 3.8) is 0 Å². The Morgan fingerprint density at radius 1 is 1.00 bits per heavy atom. The first-order valence-electron chi connectivity index (χ1n) is 12.8. The van der Waals surface area contributed by atoms with Crippen LogP contribution in [0, 0.1) is 40.4 Å². The molecule has 0 aliphatic heterocycles. The molecule has 0 spiro atoms. The Labute approximate surface area is 179 Å². The van der Waals surface area contributed by atoms with E-state index < -0.39 is 0 Å². The molecule has 29 heavy (non-hydrogen) atoms. The maximum Gasteiger partial charge on any atom is 0.0614 e. The third-order valence-corrected chi connectivity index (χ3v) is 10.2. The summed E-state index contributed by atoms with van der Waals surface area (Å²) < 4.78 is 0. The summed E-state index contributed by atoms with van der Waals surface area (Å²) in [5.74, 6) is 3.46. The van der Waals surface area contributed by atoms with Crippen molar-refractivity contribution in [1.82, 2.24) is 0 Å². The Morgan fingerprint density at radius 2 is 1.76 bits per heavy atom. The predicted molar refractivity (Wildman–Crippen MR) is 121 cm³/mol. The van der Waals surface area contributed by atoms with Crippen LogP contribution < -0.4 is 0 Å². The van der Waals surface area contributed by atoms with Crippen molar-refractivity contribution in [2.75, 3.05) is 0 Å². The van der Waals surface area contributed by atoms with Crippen molar-refractivity contribution in [3.8, 4) is 0 Å². The third kappa shape index (κ3) is 3.65. The van der Waals surface area contributed by atoms with Gasteiger partial charge in [-0.15, -0.1) is 0 Å². The van der Waals surface area contributed by atoms with Crippen molar-refractivity contribution in [2.24, 2.45) is 40.4 Å². The van der Waals surface area contributed by atoms with Crippen molar-refractivity contribution >= 4 is 0 Å². The second-order valence-corrected chi connectivity index (χ2v) is 12.3. The van der Waals surface area contributed by atoms with Crippen LogP contribution in [0.2, 0.25) is 0 Å². The van der Waals surface area contributed by atoms with E-state index in [4.69, 9.17) is 0 Å². The predicted octanol–water partition coefficient (Wildman–Crippen LogP) is 6.50. The van der Waals surface area contributed by atoms with Gasteiger partial charge in [-0.05, 0) is 91.8 Å². The van der Waals surface area contributed by atoms with Crippen molar-refractivity contribution in [1.29, 1.82) is 0 Å². The topological polar surface area (TPSA) is 40.5 Å². The van der Waals surface area contributed by atoms with Crippen LogP contribution in [-0.2, 0) is 0 Å². The van der Waals surface area contributed by atoms with Gasteiger partial charge in [0.25, 0.3) is 0 Å². The van der Waals surface area contributed by atoms with Crippen LogP contribution >= 0.6 is 0 Å². The number of rotatable bonds is 5. The SMILES string of the molecule is CC(C)CCC[C@@H](C)[C@H]1CC[C@H]2C3=C(CC[C@@]12C)[C@@]1(C)CC[C@H](O)C[C@@H]1[C@@H](O)C3. The minimum Gasteiger partial charge on any atom is -0.393 e. The fourth-order valence-electron chi connectivity index (χ4n) is 8.51. The summed E-state index contributed by atoms with van der Waals surface area (Å²) in [5.41, 5.74) is 3.95. The monoisotopic (exact) mass is 402 g/mol. The van der Waals surface area contributed by atoms with Crippen LogP contribution in [0.3, 0.4) is 0 Å². The zero-order valence-corrected chi connectivity index (χ0v) is 19.7. The highest BCUT2D eigenvalue weighted by Gasteiger charge is 2.57. The molecule has 2 nitrogen and oxygen atoms in total. The third-order valence-electron chi connectivity index (χ3n) is 10.2. The van der Waals surface area contributed by atoms with Gasteiger partial charge in [0.05, 0.1) is 12.2 Å². The molecule has 0 unspecified atom stereocenters. The second-order valence-electron chi connectivity index (χ2n) is 12.3. The molecule has 2 heteroatoms. The quantitative estimate of drug-likeness (QED) is 0.515. The van der Waals surface area contributed by atoms with Crippen molar-refractivity contribution < 1.29 is 10.2 Å². The van der Waals surface area contributed by atoms with E-state index in [2.05, 4.69) is 34.6 Å². The van der Waals surface area contributed by atoms with Gasteiger partial charge >= 0.3 is 0 Å². The van der Waals surface area contributed by atoms with Gasteiger partial charge < -0.3 is 10.2 Å². The molecule has 0 saturated heterocycles. The average molecular weight is 403 g/mol. The molecule has 0 amide bonds. The number of fused-ring (bicyclic) bond motifs is 4. The van der Waals surface area contributed by atoms with Crippen molar-refractivity contribution in [3.05, 3.63) is 11.1 Å². The molecule has 4 aliphatic carbocycles. The zero-order valence-electron chi connectivity index (χ0n) is 19.7. The lowest BCUT2D eigenvalue weighted by molar-refractivity contribution is -0.0516. The fourth-order valence-corrected chi connectivity index (χ4v) is 8.51. The highest BCUT2D eigenvalue weighted by atomic mass is 16.3. The highest BCUT2D eigenvalue weighted by molar-refractivity contribution is 5.35. The number of aliphatic hydroxyl groups is 2. The molecule has 0 bridgehead atoms. The van der Waals surface area contributed by atoms with E-state index in [1.54, 1.807) is 11.1 Å².